The van der Waals surface area contributed by atoms with Crippen LogP contribution >= 0.6 is 27.7 Å². The number of rotatable bonds is 7. The van der Waals surface area contributed by atoms with Gasteiger partial charge in [-0.1, -0.05) is 59.7 Å². The van der Waals surface area contributed by atoms with E-state index in [1.807, 2.05) is 19.9 Å². The number of nitrogens with zero attached hydrogens (tertiary/aromatic N) is 2. The van der Waals surface area contributed by atoms with Crippen molar-refractivity contribution >= 4 is 48.4 Å². The van der Waals surface area contributed by atoms with Gasteiger partial charge in [-0.15, -0.1) is 0 Å². The summed E-state index contributed by atoms with van der Waals surface area (Å²) >= 11 is 4.70. The smallest absolute Gasteiger partial charge is 0.262 e. The number of fused-ring (bicyclic) bond motifs is 1. The van der Waals surface area contributed by atoms with Crippen molar-refractivity contribution < 1.29 is 8.42 Å². The molecular weight excluding hydrogens is 460 g/mol. The average Bonchev–Trinajstić information content (AvgIpc) is 2.66. The number of hydrogen-bond acceptors (Lipinski definition) is 5. The Morgan fingerprint density at radius 3 is 2.54 bits per heavy atom. The molecule has 0 saturated carbocycles. The zero-order chi connectivity index (χ0) is 20.3. The van der Waals surface area contributed by atoms with Gasteiger partial charge in [0.1, 0.15) is 0 Å². The van der Waals surface area contributed by atoms with Gasteiger partial charge in [-0.05, 0) is 36.2 Å². The van der Waals surface area contributed by atoms with Gasteiger partial charge in [0.2, 0.25) is 0 Å². The predicted octanol–water partition coefficient (Wildman–Crippen LogP) is 4.38. The van der Waals surface area contributed by atoms with Crippen molar-refractivity contribution in [2.75, 3.05) is 11.5 Å². The lowest BCUT2D eigenvalue weighted by Crippen LogP contribution is -2.25. The first-order valence-corrected chi connectivity index (χ1v) is 12.3. The van der Waals surface area contributed by atoms with E-state index in [9.17, 15) is 13.2 Å². The van der Waals surface area contributed by atoms with E-state index < -0.39 is 9.84 Å². The molecule has 0 saturated heterocycles. The standard InChI is InChI=1S/C20H21BrN2O3S2/c1-14(2)13-23-19(24)17-12-15(21)8-9-18(17)22-20(23)27-10-11-28(25,26)16-6-4-3-5-7-16/h3-9,12,14H,10-11,13H2,1-2H3. The van der Waals surface area contributed by atoms with Crippen LogP contribution in [0.1, 0.15) is 13.8 Å². The predicted molar refractivity (Wildman–Crippen MR) is 118 cm³/mol. The van der Waals surface area contributed by atoms with Gasteiger partial charge in [0.05, 0.1) is 21.6 Å². The number of thioether (sulfide) groups is 1. The van der Waals surface area contributed by atoms with E-state index in [0.29, 0.717) is 33.3 Å². The molecule has 8 heteroatoms. The molecule has 0 fully saturated rings. The Balaban J connectivity index is 1.89. The Morgan fingerprint density at radius 1 is 1.14 bits per heavy atom. The fraction of sp³-hybridized carbons (Fsp3) is 0.300. The Labute approximate surface area is 177 Å². The average molecular weight is 481 g/mol. The molecule has 0 amide bonds. The minimum Gasteiger partial charge on any atom is -0.287 e. The van der Waals surface area contributed by atoms with E-state index in [1.165, 1.54) is 11.8 Å². The summed E-state index contributed by atoms with van der Waals surface area (Å²) in [6.07, 6.45) is 0. The fourth-order valence-corrected chi connectivity index (χ4v) is 5.84. The summed E-state index contributed by atoms with van der Waals surface area (Å²) in [5.74, 6) is 0.568. The first-order valence-electron chi connectivity index (χ1n) is 8.88. The summed E-state index contributed by atoms with van der Waals surface area (Å²) in [7, 11) is -3.37. The van der Waals surface area contributed by atoms with Crippen LogP contribution in [0.15, 0.2) is 67.9 Å². The third-order valence-electron chi connectivity index (χ3n) is 4.11. The molecule has 0 N–H and O–H groups in total. The highest BCUT2D eigenvalue weighted by molar-refractivity contribution is 9.10. The number of aromatic nitrogens is 2. The topological polar surface area (TPSA) is 69.0 Å². The zero-order valence-corrected chi connectivity index (χ0v) is 18.9. The normalized spacial score (nSPS) is 12.0. The van der Waals surface area contributed by atoms with Gasteiger partial charge in [-0.3, -0.25) is 9.36 Å². The van der Waals surface area contributed by atoms with Crippen molar-refractivity contribution in [3.8, 4) is 0 Å². The fourth-order valence-electron chi connectivity index (χ4n) is 2.80. The van der Waals surface area contributed by atoms with Crippen molar-refractivity contribution in [3.05, 3.63) is 63.4 Å². The highest BCUT2D eigenvalue weighted by atomic mass is 79.9. The lowest BCUT2D eigenvalue weighted by atomic mass is 10.2. The summed E-state index contributed by atoms with van der Waals surface area (Å²) in [4.78, 5) is 17.9. The molecule has 148 valence electrons. The molecule has 0 radical (unpaired) electrons. The van der Waals surface area contributed by atoms with Crippen molar-refractivity contribution in [1.29, 1.82) is 0 Å². The van der Waals surface area contributed by atoms with Crippen molar-refractivity contribution in [3.63, 3.8) is 0 Å². The quantitative estimate of drug-likeness (QED) is 0.370. The summed E-state index contributed by atoms with van der Waals surface area (Å²) in [5.41, 5.74) is 0.509. The van der Waals surface area contributed by atoms with Crippen LogP contribution in [0.2, 0.25) is 0 Å². The molecule has 5 nitrogen and oxygen atoms in total. The van der Waals surface area contributed by atoms with Crippen molar-refractivity contribution in [2.24, 2.45) is 5.92 Å². The third-order valence-corrected chi connectivity index (χ3v) is 7.58. The molecule has 0 unspecified atom stereocenters. The molecule has 0 atom stereocenters. The minimum atomic E-state index is -3.37. The van der Waals surface area contributed by atoms with Crippen LogP contribution in [0.3, 0.4) is 0 Å². The lowest BCUT2D eigenvalue weighted by Gasteiger charge is -2.15. The van der Waals surface area contributed by atoms with E-state index in [0.717, 1.165) is 4.47 Å². The second-order valence-electron chi connectivity index (χ2n) is 6.85. The maximum atomic E-state index is 13.0. The van der Waals surface area contributed by atoms with Crippen LogP contribution in [0, 0.1) is 5.92 Å². The summed E-state index contributed by atoms with van der Waals surface area (Å²) in [6, 6.07) is 13.8. The van der Waals surface area contributed by atoms with Crippen molar-refractivity contribution in [2.45, 2.75) is 30.4 Å². The van der Waals surface area contributed by atoms with E-state index in [-0.39, 0.29) is 17.2 Å². The maximum Gasteiger partial charge on any atom is 0.262 e. The maximum absolute atomic E-state index is 13.0. The van der Waals surface area contributed by atoms with E-state index >= 15 is 0 Å². The van der Waals surface area contributed by atoms with E-state index in [2.05, 4.69) is 20.9 Å². The molecule has 1 heterocycles. The van der Waals surface area contributed by atoms with Gasteiger partial charge in [0.25, 0.3) is 5.56 Å². The highest BCUT2D eigenvalue weighted by Gasteiger charge is 2.17. The van der Waals surface area contributed by atoms with Gasteiger partial charge < -0.3 is 0 Å². The second-order valence-corrected chi connectivity index (χ2v) is 10.9. The van der Waals surface area contributed by atoms with Crippen molar-refractivity contribution in [1.82, 2.24) is 9.55 Å². The molecule has 1 aromatic heterocycles. The number of hydrogen-bond donors (Lipinski definition) is 0. The second kappa shape index (κ2) is 8.80. The molecule has 0 aliphatic heterocycles. The molecule has 0 aliphatic carbocycles. The molecule has 2 aromatic carbocycles. The third kappa shape index (κ3) is 4.85. The largest absolute Gasteiger partial charge is 0.287 e. The highest BCUT2D eigenvalue weighted by Crippen LogP contribution is 2.22. The van der Waals surface area contributed by atoms with Crippen LogP contribution in [-0.2, 0) is 16.4 Å². The van der Waals surface area contributed by atoms with Crippen LogP contribution in [0.4, 0.5) is 0 Å². The van der Waals surface area contributed by atoms with Crippen LogP contribution in [0.5, 0.6) is 0 Å². The van der Waals surface area contributed by atoms with Crippen LogP contribution in [0.25, 0.3) is 10.9 Å². The van der Waals surface area contributed by atoms with Gasteiger partial charge in [-0.25, -0.2) is 13.4 Å². The molecule has 3 aromatic rings. The number of sulfone groups is 1. The minimum absolute atomic E-state index is 0.0163. The first-order chi connectivity index (χ1) is 13.3. The Morgan fingerprint density at radius 2 is 1.86 bits per heavy atom. The van der Waals surface area contributed by atoms with E-state index in [4.69, 9.17) is 0 Å². The summed E-state index contributed by atoms with van der Waals surface area (Å²) < 4.78 is 27.5. The van der Waals surface area contributed by atoms with Gasteiger partial charge >= 0.3 is 0 Å². The Hall–Kier alpha value is -1.64. The first kappa shape index (κ1) is 21.1. The Kier molecular flexibility index (Phi) is 6.62. The molecule has 28 heavy (non-hydrogen) atoms. The SMILES string of the molecule is CC(C)Cn1c(SCCS(=O)(=O)c2ccccc2)nc2ccc(Br)cc2c1=O. The van der Waals surface area contributed by atoms with Crippen LogP contribution < -0.4 is 5.56 Å². The molecule has 0 aliphatic rings. The zero-order valence-electron chi connectivity index (χ0n) is 15.6. The molecular formula is C20H21BrN2O3S2. The summed E-state index contributed by atoms with van der Waals surface area (Å²) in [6.45, 7) is 4.60. The number of benzene rings is 2. The molecule has 3 rings (SSSR count). The summed E-state index contributed by atoms with van der Waals surface area (Å²) in [5, 5.41) is 1.10. The van der Waals surface area contributed by atoms with Gasteiger partial charge in [0, 0.05) is 16.8 Å². The number of halogens is 1. The Bertz CT molecular complexity index is 1140. The molecule has 0 bridgehead atoms. The van der Waals surface area contributed by atoms with Gasteiger partial charge in [-0.2, -0.15) is 0 Å². The molecule has 0 spiro atoms. The monoisotopic (exact) mass is 480 g/mol. The van der Waals surface area contributed by atoms with Crippen LogP contribution in [-0.4, -0.2) is 29.5 Å². The lowest BCUT2D eigenvalue weighted by molar-refractivity contribution is 0.475. The van der Waals surface area contributed by atoms with Gasteiger partial charge in [0.15, 0.2) is 15.0 Å². The van der Waals surface area contributed by atoms with E-state index in [1.54, 1.807) is 47.0 Å².